The summed E-state index contributed by atoms with van der Waals surface area (Å²) < 4.78 is 12.2. The van der Waals surface area contributed by atoms with Crippen LogP contribution in [0.15, 0.2) is 67.3 Å². The number of amides is 2. The van der Waals surface area contributed by atoms with Crippen molar-refractivity contribution in [2.75, 3.05) is 42.6 Å². The van der Waals surface area contributed by atoms with Crippen LogP contribution in [0.5, 0.6) is 0 Å². The van der Waals surface area contributed by atoms with Crippen molar-refractivity contribution in [3.8, 4) is 0 Å². The van der Waals surface area contributed by atoms with Crippen LogP contribution in [0.1, 0.15) is 52.1 Å². The molecule has 3 fully saturated rings. The second kappa shape index (κ2) is 12.1. The average Bonchev–Trinajstić information content (AvgIpc) is 3.58. The fraction of sp³-hybridized carbons (Fsp3) is 0.500. The number of hydrogen-bond donors (Lipinski definition) is 1. The van der Waals surface area contributed by atoms with Gasteiger partial charge in [0.25, 0.3) is 5.91 Å². The normalized spacial score (nSPS) is 28.0. The lowest BCUT2D eigenvalue weighted by atomic mass is 9.66. The number of hydrogen-bond acceptors (Lipinski definition) is 7. The molecule has 1 N–H and O–H groups in total. The van der Waals surface area contributed by atoms with Crippen LogP contribution in [0, 0.1) is 11.8 Å². The molecule has 2 unspecified atom stereocenters. The van der Waals surface area contributed by atoms with E-state index in [4.69, 9.17) is 9.47 Å². The fourth-order valence-electron chi connectivity index (χ4n) is 7.63. The van der Waals surface area contributed by atoms with Crippen molar-refractivity contribution in [2.24, 2.45) is 11.8 Å². The molecule has 6 atom stereocenters. The van der Waals surface area contributed by atoms with Gasteiger partial charge in [-0.25, -0.2) is 0 Å². The zero-order valence-corrected chi connectivity index (χ0v) is 25.6. The van der Waals surface area contributed by atoms with E-state index in [1.54, 1.807) is 17.9 Å². The molecule has 43 heavy (non-hydrogen) atoms. The quantitative estimate of drug-likeness (QED) is 0.294. The smallest absolute Gasteiger partial charge is 0.312 e. The summed E-state index contributed by atoms with van der Waals surface area (Å²) in [6, 6.07) is 15.1. The molecule has 0 radical (unpaired) electrons. The van der Waals surface area contributed by atoms with Crippen molar-refractivity contribution < 1.29 is 29.0 Å². The first-order chi connectivity index (χ1) is 20.7. The first kappa shape index (κ1) is 30.8. The molecule has 0 aromatic heterocycles. The molecular formula is C34H43N3O6. The van der Waals surface area contributed by atoms with E-state index in [1.165, 1.54) is 4.90 Å². The number of carbonyl (C=O) groups excluding carboxylic acids is 3. The Morgan fingerprint density at radius 3 is 2.33 bits per heavy atom. The maximum atomic E-state index is 14.9. The van der Waals surface area contributed by atoms with E-state index >= 15 is 0 Å². The highest BCUT2D eigenvalue weighted by molar-refractivity contribution is 6.05. The maximum absolute atomic E-state index is 14.9. The van der Waals surface area contributed by atoms with Crippen LogP contribution >= 0.6 is 0 Å². The van der Waals surface area contributed by atoms with Gasteiger partial charge in [0.15, 0.2) is 0 Å². The number of fused-ring (bicyclic) bond motifs is 1. The molecule has 3 heterocycles. The Morgan fingerprint density at radius 2 is 1.74 bits per heavy atom. The van der Waals surface area contributed by atoms with E-state index in [0.717, 1.165) is 18.8 Å². The lowest BCUT2D eigenvalue weighted by Gasteiger charge is -2.39. The Hall–Kier alpha value is -3.69. The lowest BCUT2D eigenvalue weighted by molar-refractivity contribution is -0.160. The molecule has 9 nitrogen and oxygen atoms in total. The third-order valence-corrected chi connectivity index (χ3v) is 9.55. The number of ether oxygens (including phenoxy) is 2. The number of esters is 1. The first-order valence-corrected chi connectivity index (χ1v) is 15.3. The van der Waals surface area contributed by atoms with Crippen molar-refractivity contribution in [1.29, 1.82) is 0 Å². The van der Waals surface area contributed by atoms with Crippen LogP contribution < -0.4 is 9.80 Å². The lowest BCUT2D eigenvalue weighted by Crippen LogP contribution is -2.57. The van der Waals surface area contributed by atoms with E-state index in [0.29, 0.717) is 24.1 Å². The zero-order valence-electron chi connectivity index (χ0n) is 25.6. The molecule has 2 aromatic rings. The van der Waals surface area contributed by atoms with Gasteiger partial charge in [-0.15, -0.1) is 6.58 Å². The first-order valence-electron chi connectivity index (χ1n) is 15.3. The number of likely N-dealkylation sites (tertiary alicyclic amines) is 1. The molecule has 9 heteroatoms. The molecule has 3 aliphatic rings. The summed E-state index contributed by atoms with van der Waals surface area (Å²) in [5.74, 6) is -2.97. The molecule has 2 amide bonds. The average molecular weight is 590 g/mol. The van der Waals surface area contributed by atoms with Crippen molar-refractivity contribution in [3.05, 3.63) is 72.8 Å². The van der Waals surface area contributed by atoms with Crippen molar-refractivity contribution in [1.82, 2.24) is 4.90 Å². The Bertz CT molecular complexity index is 1350. The summed E-state index contributed by atoms with van der Waals surface area (Å²) in [5.41, 5.74) is 0.216. The summed E-state index contributed by atoms with van der Waals surface area (Å²) in [6.07, 6.45) is 2.59. The summed E-state index contributed by atoms with van der Waals surface area (Å²) >= 11 is 0. The van der Waals surface area contributed by atoms with Crippen LogP contribution in [0.3, 0.4) is 0 Å². The number of aliphatic hydroxyl groups is 1. The third kappa shape index (κ3) is 4.92. The van der Waals surface area contributed by atoms with Crippen molar-refractivity contribution in [2.45, 2.75) is 63.8 Å². The molecule has 2 bridgehead atoms. The highest BCUT2D eigenvalue weighted by atomic mass is 16.6. The molecule has 5 rings (SSSR count). The van der Waals surface area contributed by atoms with Gasteiger partial charge in [0.05, 0.1) is 30.8 Å². The van der Waals surface area contributed by atoms with Gasteiger partial charge in [-0.05, 0) is 70.4 Å². The van der Waals surface area contributed by atoms with Crippen LogP contribution in [-0.2, 0) is 23.9 Å². The van der Waals surface area contributed by atoms with Crippen molar-refractivity contribution in [3.63, 3.8) is 0 Å². The molecule has 3 saturated heterocycles. The van der Waals surface area contributed by atoms with Gasteiger partial charge >= 0.3 is 5.97 Å². The Kier molecular flexibility index (Phi) is 8.68. The summed E-state index contributed by atoms with van der Waals surface area (Å²) in [6.45, 7) is 13.4. The van der Waals surface area contributed by atoms with Gasteiger partial charge in [0.1, 0.15) is 17.6 Å². The fourth-order valence-corrected chi connectivity index (χ4v) is 7.63. The molecule has 230 valence electrons. The Morgan fingerprint density at radius 1 is 1.09 bits per heavy atom. The van der Waals surface area contributed by atoms with Crippen molar-refractivity contribution >= 4 is 29.2 Å². The number of benzene rings is 2. The number of nitrogens with zero attached hydrogens (tertiary/aromatic N) is 3. The molecule has 3 aliphatic heterocycles. The van der Waals surface area contributed by atoms with E-state index in [1.807, 2.05) is 61.5 Å². The summed E-state index contributed by atoms with van der Waals surface area (Å²) in [7, 11) is 0. The van der Waals surface area contributed by atoms with Gasteiger partial charge in [0, 0.05) is 31.0 Å². The molecule has 0 saturated carbocycles. The Labute approximate surface area is 254 Å². The van der Waals surface area contributed by atoms with Crippen LogP contribution in [-0.4, -0.2) is 77.9 Å². The SMILES string of the molecule is C=CCN(C(=O)C1N([C@H](CO)c2ccccc2)C(=O)[C@@H]2[C@@H](C(=O)OCC)[C@@]3(C)CCC12O3)c1ccc(N(CC)CC)cc1. The Balaban J connectivity index is 1.63. The monoisotopic (exact) mass is 589 g/mol. The minimum Gasteiger partial charge on any atom is -0.466 e. The van der Waals surface area contributed by atoms with Crippen LogP contribution in [0.4, 0.5) is 11.4 Å². The van der Waals surface area contributed by atoms with Gasteiger partial charge in [0.2, 0.25) is 5.91 Å². The van der Waals surface area contributed by atoms with Gasteiger partial charge in [-0.3, -0.25) is 14.4 Å². The predicted molar refractivity (Wildman–Crippen MR) is 165 cm³/mol. The summed E-state index contributed by atoms with van der Waals surface area (Å²) in [4.78, 5) is 48.2. The van der Waals surface area contributed by atoms with E-state index in [2.05, 4.69) is 25.3 Å². The second-order valence-electron chi connectivity index (χ2n) is 11.8. The predicted octanol–water partition coefficient (Wildman–Crippen LogP) is 4.11. The van der Waals surface area contributed by atoms with Crippen LogP contribution in [0.25, 0.3) is 0 Å². The minimum absolute atomic E-state index is 0.172. The molecule has 2 aromatic carbocycles. The van der Waals surface area contributed by atoms with E-state index in [9.17, 15) is 19.5 Å². The molecular weight excluding hydrogens is 546 g/mol. The highest BCUT2D eigenvalue weighted by Gasteiger charge is 2.79. The number of aliphatic hydroxyl groups excluding tert-OH is 1. The number of anilines is 2. The number of rotatable bonds is 12. The summed E-state index contributed by atoms with van der Waals surface area (Å²) in [5, 5.41) is 10.7. The maximum Gasteiger partial charge on any atom is 0.312 e. The second-order valence-corrected chi connectivity index (χ2v) is 11.8. The number of carbonyl (C=O) groups is 3. The van der Waals surface area contributed by atoms with E-state index < -0.39 is 47.7 Å². The third-order valence-electron chi connectivity index (χ3n) is 9.55. The van der Waals surface area contributed by atoms with Gasteiger partial charge < -0.3 is 29.3 Å². The van der Waals surface area contributed by atoms with Crippen LogP contribution in [0.2, 0.25) is 0 Å². The zero-order chi connectivity index (χ0) is 30.9. The minimum atomic E-state index is -1.25. The molecule has 0 aliphatic carbocycles. The van der Waals surface area contributed by atoms with Gasteiger partial charge in [-0.2, -0.15) is 0 Å². The highest BCUT2D eigenvalue weighted by Crippen LogP contribution is 2.64. The molecule has 1 spiro atoms. The topological polar surface area (TPSA) is 99.6 Å². The largest absolute Gasteiger partial charge is 0.466 e. The standard InChI is InChI=1S/C34H43N3O6/c1-6-21-36(25-17-15-24(16-18-25)35(7-2)8-3)31(40)29-34-20-19-33(5,43-34)28(32(41)42-9-4)27(34)30(39)37(29)26(22-38)23-13-11-10-12-14-23/h6,10-18,26-29,38H,1,7-9,19-22H2,2-5H3/t26-,27+,28+,29?,33-,34?/m1/s1. The van der Waals surface area contributed by atoms with E-state index in [-0.39, 0.29) is 25.0 Å². The van der Waals surface area contributed by atoms with Gasteiger partial charge in [-0.1, -0.05) is 36.4 Å².